The van der Waals surface area contributed by atoms with Gasteiger partial charge in [-0.15, -0.1) is 0 Å². The molecule has 0 aliphatic heterocycles. The van der Waals surface area contributed by atoms with Crippen molar-refractivity contribution >= 4 is 29.5 Å². The van der Waals surface area contributed by atoms with Gasteiger partial charge < -0.3 is 26.2 Å². The number of hydrogen-bond donors (Lipinski definition) is 3. The molecular formula is C20H22N4O5. The molecule has 152 valence electrons. The Hall–Kier alpha value is -3.88. The molecule has 5 N–H and O–H groups in total. The van der Waals surface area contributed by atoms with E-state index in [2.05, 4.69) is 4.99 Å². The van der Waals surface area contributed by atoms with Crippen molar-refractivity contribution in [2.24, 2.45) is 16.5 Å². The molecule has 1 unspecified atom stereocenters. The van der Waals surface area contributed by atoms with Crippen LogP contribution in [0.4, 0.5) is 5.69 Å². The number of ether oxygens (including phenoxy) is 1. The number of carbonyl (C=O) groups excluding carboxylic acids is 2. The number of carboxylic acid groups (broad SMARTS) is 1. The van der Waals surface area contributed by atoms with Gasteiger partial charge in [0.2, 0.25) is 5.91 Å². The Morgan fingerprint density at radius 1 is 1.07 bits per heavy atom. The first-order valence-corrected chi connectivity index (χ1v) is 8.62. The van der Waals surface area contributed by atoms with Crippen LogP contribution in [0.3, 0.4) is 0 Å². The van der Waals surface area contributed by atoms with Gasteiger partial charge >= 0.3 is 11.9 Å². The summed E-state index contributed by atoms with van der Waals surface area (Å²) in [6, 6.07) is 12.3. The fraction of sp³-hybridized carbons (Fsp3) is 0.200. The van der Waals surface area contributed by atoms with E-state index in [0.717, 1.165) is 0 Å². The van der Waals surface area contributed by atoms with Crippen LogP contribution in [0.15, 0.2) is 53.5 Å². The van der Waals surface area contributed by atoms with Crippen LogP contribution < -0.4 is 16.2 Å². The van der Waals surface area contributed by atoms with Crippen LogP contribution >= 0.6 is 0 Å². The number of para-hydroxylation sites is 1. The van der Waals surface area contributed by atoms with Crippen LogP contribution in [0.2, 0.25) is 0 Å². The number of amides is 1. The number of carboxylic acids is 1. The van der Waals surface area contributed by atoms with Crippen LogP contribution in [0.5, 0.6) is 5.75 Å². The van der Waals surface area contributed by atoms with Gasteiger partial charge in [-0.25, -0.2) is 9.79 Å². The van der Waals surface area contributed by atoms with Crippen LogP contribution in [-0.4, -0.2) is 47.9 Å². The molecule has 9 heteroatoms. The highest BCUT2D eigenvalue weighted by Crippen LogP contribution is 2.25. The lowest BCUT2D eigenvalue weighted by Gasteiger charge is -2.16. The molecule has 1 atom stereocenters. The van der Waals surface area contributed by atoms with Crippen LogP contribution in [0, 0.1) is 0 Å². The van der Waals surface area contributed by atoms with Crippen molar-refractivity contribution in [1.29, 1.82) is 0 Å². The molecule has 0 radical (unpaired) electrons. The molecule has 0 spiro atoms. The third-order valence-electron chi connectivity index (χ3n) is 4.04. The van der Waals surface area contributed by atoms with Gasteiger partial charge in [-0.1, -0.05) is 24.3 Å². The summed E-state index contributed by atoms with van der Waals surface area (Å²) in [7, 11) is 3.12. The highest BCUT2D eigenvalue weighted by molar-refractivity contribution is 5.97. The van der Waals surface area contributed by atoms with Gasteiger partial charge in [0, 0.05) is 20.5 Å². The smallest absolute Gasteiger partial charge is 0.345 e. The summed E-state index contributed by atoms with van der Waals surface area (Å²) < 4.78 is 5.32. The molecule has 0 aliphatic carbocycles. The lowest BCUT2D eigenvalue weighted by atomic mass is 9.95. The second-order valence-electron chi connectivity index (χ2n) is 6.40. The first kappa shape index (κ1) is 21.4. The minimum Gasteiger partial charge on any atom is -0.481 e. The number of benzene rings is 2. The molecule has 0 aromatic heterocycles. The van der Waals surface area contributed by atoms with E-state index < -0.39 is 17.9 Å². The lowest BCUT2D eigenvalue weighted by molar-refractivity contribution is -0.142. The molecule has 2 aromatic rings. The summed E-state index contributed by atoms with van der Waals surface area (Å²) in [5.41, 5.74) is 11.6. The van der Waals surface area contributed by atoms with Crippen molar-refractivity contribution in [3.63, 3.8) is 0 Å². The van der Waals surface area contributed by atoms with E-state index >= 15 is 0 Å². The zero-order valence-corrected chi connectivity index (χ0v) is 16.0. The molecule has 2 aromatic carbocycles. The summed E-state index contributed by atoms with van der Waals surface area (Å²) in [4.78, 5) is 41.1. The minimum absolute atomic E-state index is 0.171. The van der Waals surface area contributed by atoms with Crippen LogP contribution in [0.1, 0.15) is 28.3 Å². The Bertz CT molecular complexity index is 934. The molecule has 0 saturated carbocycles. The number of hydrogen-bond acceptors (Lipinski definition) is 5. The van der Waals surface area contributed by atoms with Gasteiger partial charge in [0.05, 0.1) is 17.2 Å². The molecular weight excluding hydrogens is 376 g/mol. The van der Waals surface area contributed by atoms with E-state index in [1.165, 1.54) is 35.2 Å². The van der Waals surface area contributed by atoms with Gasteiger partial charge in [0.25, 0.3) is 0 Å². The van der Waals surface area contributed by atoms with E-state index in [4.69, 9.17) is 16.2 Å². The predicted molar refractivity (Wildman–Crippen MR) is 107 cm³/mol. The van der Waals surface area contributed by atoms with Gasteiger partial charge in [-0.3, -0.25) is 9.59 Å². The maximum Gasteiger partial charge on any atom is 0.345 e. The summed E-state index contributed by atoms with van der Waals surface area (Å²) >= 11 is 0. The van der Waals surface area contributed by atoms with Crippen molar-refractivity contribution in [3.8, 4) is 5.75 Å². The number of nitrogens with two attached hydrogens (primary N) is 2. The van der Waals surface area contributed by atoms with Crippen molar-refractivity contribution < 1.29 is 24.2 Å². The van der Waals surface area contributed by atoms with Gasteiger partial charge in [-0.2, -0.15) is 0 Å². The molecule has 29 heavy (non-hydrogen) atoms. The zero-order chi connectivity index (χ0) is 21.6. The first-order valence-electron chi connectivity index (χ1n) is 8.62. The average molecular weight is 398 g/mol. The Morgan fingerprint density at radius 3 is 2.24 bits per heavy atom. The predicted octanol–water partition coefficient (Wildman–Crippen LogP) is 1.46. The molecule has 2 rings (SSSR count). The quantitative estimate of drug-likeness (QED) is 0.277. The van der Waals surface area contributed by atoms with E-state index in [9.17, 15) is 19.5 Å². The third-order valence-corrected chi connectivity index (χ3v) is 4.04. The Morgan fingerprint density at radius 2 is 1.69 bits per heavy atom. The van der Waals surface area contributed by atoms with Crippen LogP contribution in [-0.2, 0) is 9.59 Å². The van der Waals surface area contributed by atoms with Gasteiger partial charge in [-0.05, 0) is 29.8 Å². The highest BCUT2D eigenvalue weighted by atomic mass is 16.5. The normalized spacial score (nSPS) is 11.2. The van der Waals surface area contributed by atoms with Gasteiger partial charge in [0.1, 0.15) is 5.75 Å². The van der Waals surface area contributed by atoms with Gasteiger partial charge in [0.15, 0.2) is 5.96 Å². The second kappa shape index (κ2) is 9.36. The Balaban J connectivity index is 2.18. The lowest BCUT2D eigenvalue weighted by Crippen LogP contribution is -2.26. The second-order valence-corrected chi connectivity index (χ2v) is 6.40. The number of carbonyl (C=O) groups is 3. The fourth-order valence-corrected chi connectivity index (χ4v) is 2.52. The van der Waals surface area contributed by atoms with Crippen molar-refractivity contribution in [3.05, 3.63) is 59.7 Å². The van der Waals surface area contributed by atoms with E-state index in [1.807, 2.05) is 0 Å². The summed E-state index contributed by atoms with van der Waals surface area (Å²) in [6.07, 6.45) is -0.173. The largest absolute Gasteiger partial charge is 0.481 e. The summed E-state index contributed by atoms with van der Waals surface area (Å²) in [5.74, 6) is -3.07. The highest BCUT2D eigenvalue weighted by Gasteiger charge is 2.24. The Labute approximate surface area is 167 Å². The molecule has 0 saturated heterocycles. The maximum absolute atomic E-state index is 12.4. The number of nitrogens with zero attached hydrogens (tertiary/aromatic N) is 2. The topological polar surface area (TPSA) is 148 Å². The monoisotopic (exact) mass is 398 g/mol. The number of aliphatic imine (C=N–C) groups is 1. The third kappa shape index (κ3) is 5.80. The van der Waals surface area contributed by atoms with Crippen LogP contribution in [0.25, 0.3) is 0 Å². The maximum atomic E-state index is 12.4. The molecule has 0 bridgehead atoms. The van der Waals surface area contributed by atoms with E-state index in [1.54, 1.807) is 32.3 Å². The number of guanidine groups is 1. The van der Waals surface area contributed by atoms with E-state index in [-0.39, 0.29) is 35.3 Å². The average Bonchev–Trinajstić information content (AvgIpc) is 2.66. The van der Waals surface area contributed by atoms with Crippen molar-refractivity contribution in [2.45, 2.75) is 12.3 Å². The SMILES string of the molecule is CN(C)C(=O)CC(C(=O)O)c1ccc(OC(=O)c2ccccc2N=C(N)N)cc1. The summed E-state index contributed by atoms with van der Waals surface area (Å²) in [5, 5.41) is 9.43. The molecule has 0 fully saturated rings. The molecule has 9 nitrogen and oxygen atoms in total. The van der Waals surface area contributed by atoms with Crippen molar-refractivity contribution in [1.82, 2.24) is 4.90 Å². The molecule has 1 amide bonds. The summed E-state index contributed by atoms with van der Waals surface area (Å²) in [6.45, 7) is 0. The van der Waals surface area contributed by atoms with E-state index in [0.29, 0.717) is 5.56 Å². The number of esters is 1. The fourth-order valence-electron chi connectivity index (χ4n) is 2.52. The molecule has 0 heterocycles. The standard InChI is InChI=1S/C20H22N4O5/c1-24(2)17(25)11-15(18(26)27)12-7-9-13(10-8-12)29-19(28)14-5-3-4-6-16(14)23-20(21)22/h3-10,15H,11H2,1-2H3,(H,26,27)(H4,21,22,23). The Kier molecular flexibility index (Phi) is 6.91. The minimum atomic E-state index is -1.11. The number of aliphatic carboxylic acids is 1. The first-order chi connectivity index (χ1) is 13.7. The number of rotatable bonds is 7. The zero-order valence-electron chi connectivity index (χ0n) is 16.0. The molecule has 0 aliphatic rings. The van der Waals surface area contributed by atoms with Crippen molar-refractivity contribution in [2.75, 3.05) is 14.1 Å².